The molecule has 3 rings (SSSR count). The molecule has 25 heavy (non-hydrogen) atoms. The third-order valence-corrected chi connectivity index (χ3v) is 4.11. The smallest absolute Gasteiger partial charge is 0.251 e. The number of para-hydroxylation sites is 1. The molecule has 0 saturated heterocycles. The molecule has 0 bridgehead atoms. The van der Waals surface area contributed by atoms with Gasteiger partial charge in [-0.2, -0.15) is 0 Å². The van der Waals surface area contributed by atoms with E-state index in [-0.39, 0.29) is 11.9 Å². The van der Waals surface area contributed by atoms with E-state index in [9.17, 15) is 4.79 Å². The first-order chi connectivity index (χ1) is 12.2. The predicted octanol–water partition coefficient (Wildman–Crippen LogP) is 4.25. The van der Waals surface area contributed by atoms with Gasteiger partial charge in [-0.05, 0) is 48.4 Å². The van der Waals surface area contributed by atoms with Crippen LogP contribution >= 0.6 is 0 Å². The van der Waals surface area contributed by atoms with Crippen LogP contribution in [0.5, 0.6) is 5.75 Å². The molecule has 3 aromatic rings. The Hall–Kier alpha value is -3.14. The molecule has 1 amide bonds. The number of aromatic nitrogens is 1. The summed E-state index contributed by atoms with van der Waals surface area (Å²) < 4.78 is 5.36. The number of nitrogens with zero attached hydrogens (tertiary/aromatic N) is 1. The molecule has 1 aromatic heterocycles. The van der Waals surface area contributed by atoms with E-state index in [0.29, 0.717) is 5.56 Å². The Balaban J connectivity index is 1.73. The van der Waals surface area contributed by atoms with Crippen LogP contribution in [0.4, 0.5) is 0 Å². The molecule has 4 heteroatoms. The normalized spacial score (nSPS) is 11.6. The molecule has 4 nitrogen and oxygen atoms in total. The van der Waals surface area contributed by atoms with Gasteiger partial charge in [0.25, 0.3) is 5.91 Å². The molecule has 1 heterocycles. The highest BCUT2D eigenvalue weighted by Gasteiger charge is 2.14. The Bertz CT molecular complexity index is 845. The predicted molar refractivity (Wildman–Crippen MR) is 98.5 cm³/mol. The third-order valence-electron chi connectivity index (χ3n) is 4.11. The molecule has 0 aliphatic rings. The van der Waals surface area contributed by atoms with Crippen LogP contribution < -0.4 is 10.1 Å². The second-order valence-corrected chi connectivity index (χ2v) is 5.75. The Morgan fingerprint density at radius 1 is 0.960 bits per heavy atom. The van der Waals surface area contributed by atoms with Gasteiger partial charge in [0.2, 0.25) is 0 Å². The molecule has 2 aromatic carbocycles. The first-order valence-electron chi connectivity index (χ1n) is 8.13. The van der Waals surface area contributed by atoms with E-state index in [1.165, 1.54) is 0 Å². The highest BCUT2D eigenvalue weighted by molar-refractivity contribution is 5.95. The van der Waals surface area contributed by atoms with Gasteiger partial charge in [-0.15, -0.1) is 0 Å². The summed E-state index contributed by atoms with van der Waals surface area (Å²) in [5.41, 5.74) is 3.70. The zero-order valence-electron chi connectivity index (χ0n) is 14.3. The lowest BCUT2D eigenvalue weighted by atomic mass is 10.0. The van der Waals surface area contributed by atoms with Crippen molar-refractivity contribution < 1.29 is 9.53 Å². The van der Waals surface area contributed by atoms with E-state index in [1.54, 1.807) is 19.5 Å². The van der Waals surface area contributed by atoms with E-state index < -0.39 is 0 Å². The average molecular weight is 332 g/mol. The first-order valence-corrected chi connectivity index (χ1v) is 8.13. The summed E-state index contributed by atoms with van der Waals surface area (Å²) in [6.07, 6.45) is 3.51. The summed E-state index contributed by atoms with van der Waals surface area (Å²) in [6.45, 7) is 1.95. The fourth-order valence-corrected chi connectivity index (χ4v) is 2.74. The Kier molecular flexibility index (Phi) is 5.09. The number of hydrogen-bond donors (Lipinski definition) is 1. The molecular weight excluding hydrogens is 312 g/mol. The summed E-state index contributed by atoms with van der Waals surface area (Å²) in [5.74, 6) is 0.656. The standard InChI is InChI=1S/C21H20N2O2/c1-15(19-5-3-4-6-20(19)25-2)23-21(24)18-9-7-16(8-10-18)17-11-13-22-14-12-17/h3-15H,1-2H3,(H,23,24)/t15-/m1/s1. The Labute approximate surface area is 147 Å². The second kappa shape index (κ2) is 7.62. The van der Waals surface area contributed by atoms with Crippen LogP contribution in [0, 0.1) is 0 Å². The highest BCUT2D eigenvalue weighted by atomic mass is 16.5. The van der Waals surface area contributed by atoms with Crippen molar-refractivity contribution in [2.24, 2.45) is 0 Å². The third kappa shape index (κ3) is 3.86. The quantitative estimate of drug-likeness (QED) is 0.760. The lowest BCUT2D eigenvalue weighted by Crippen LogP contribution is -2.26. The molecule has 0 radical (unpaired) electrons. The maximum atomic E-state index is 12.5. The van der Waals surface area contributed by atoms with E-state index in [2.05, 4.69) is 10.3 Å². The van der Waals surface area contributed by atoms with Crippen molar-refractivity contribution in [2.45, 2.75) is 13.0 Å². The summed E-state index contributed by atoms with van der Waals surface area (Å²) in [6, 6.07) is 19.0. The first kappa shape index (κ1) is 16.7. The van der Waals surface area contributed by atoms with Gasteiger partial charge in [-0.1, -0.05) is 30.3 Å². The number of ether oxygens (including phenoxy) is 1. The van der Waals surface area contributed by atoms with Gasteiger partial charge < -0.3 is 10.1 Å². The van der Waals surface area contributed by atoms with Crippen LogP contribution in [0.15, 0.2) is 73.1 Å². The molecule has 126 valence electrons. The number of hydrogen-bond acceptors (Lipinski definition) is 3. The minimum atomic E-state index is -0.150. The fraction of sp³-hybridized carbons (Fsp3) is 0.143. The molecule has 0 fully saturated rings. The lowest BCUT2D eigenvalue weighted by Gasteiger charge is -2.17. The van der Waals surface area contributed by atoms with Crippen molar-refractivity contribution >= 4 is 5.91 Å². The highest BCUT2D eigenvalue weighted by Crippen LogP contribution is 2.25. The number of benzene rings is 2. The van der Waals surface area contributed by atoms with Crippen molar-refractivity contribution in [3.8, 4) is 16.9 Å². The minimum absolute atomic E-state index is 0.111. The molecule has 1 atom stereocenters. The van der Waals surface area contributed by atoms with E-state index in [0.717, 1.165) is 22.4 Å². The van der Waals surface area contributed by atoms with Crippen molar-refractivity contribution in [3.63, 3.8) is 0 Å². The number of carbonyl (C=O) groups excluding carboxylic acids is 1. The maximum Gasteiger partial charge on any atom is 0.251 e. The van der Waals surface area contributed by atoms with E-state index in [1.807, 2.05) is 67.6 Å². The van der Waals surface area contributed by atoms with Gasteiger partial charge in [-0.25, -0.2) is 0 Å². The van der Waals surface area contributed by atoms with Gasteiger partial charge in [0.15, 0.2) is 0 Å². The van der Waals surface area contributed by atoms with Crippen LogP contribution in [-0.4, -0.2) is 18.0 Å². The zero-order chi connectivity index (χ0) is 17.6. The Morgan fingerprint density at radius 3 is 2.28 bits per heavy atom. The maximum absolute atomic E-state index is 12.5. The zero-order valence-corrected chi connectivity index (χ0v) is 14.3. The van der Waals surface area contributed by atoms with Crippen LogP contribution in [-0.2, 0) is 0 Å². The van der Waals surface area contributed by atoms with Crippen LogP contribution in [0.2, 0.25) is 0 Å². The SMILES string of the molecule is COc1ccccc1[C@@H](C)NC(=O)c1ccc(-c2ccncc2)cc1. The summed E-state index contributed by atoms with van der Waals surface area (Å²) in [4.78, 5) is 16.5. The molecule has 0 aliphatic heterocycles. The number of rotatable bonds is 5. The molecule has 1 N–H and O–H groups in total. The molecule has 0 spiro atoms. The fourth-order valence-electron chi connectivity index (χ4n) is 2.74. The summed E-state index contributed by atoms with van der Waals surface area (Å²) in [7, 11) is 1.63. The van der Waals surface area contributed by atoms with Gasteiger partial charge in [0, 0.05) is 23.5 Å². The monoisotopic (exact) mass is 332 g/mol. The topological polar surface area (TPSA) is 51.2 Å². The number of pyridine rings is 1. The molecular formula is C21H20N2O2. The van der Waals surface area contributed by atoms with Crippen molar-refractivity contribution in [2.75, 3.05) is 7.11 Å². The van der Waals surface area contributed by atoms with Gasteiger partial charge in [-0.3, -0.25) is 9.78 Å². The van der Waals surface area contributed by atoms with Crippen LogP contribution in [0.3, 0.4) is 0 Å². The minimum Gasteiger partial charge on any atom is -0.496 e. The number of methoxy groups -OCH3 is 1. The number of nitrogens with one attached hydrogen (secondary N) is 1. The van der Waals surface area contributed by atoms with Crippen molar-refractivity contribution in [3.05, 3.63) is 84.2 Å². The number of carbonyl (C=O) groups is 1. The number of amides is 1. The van der Waals surface area contributed by atoms with E-state index >= 15 is 0 Å². The van der Waals surface area contributed by atoms with Crippen molar-refractivity contribution in [1.29, 1.82) is 0 Å². The van der Waals surface area contributed by atoms with Crippen molar-refractivity contribution in [1.82, 2.24) is 10.3 Å². The molecule has 0 saturated carbocycles. The lowest BCUT2D eigenvalue weighted by molar-refractivity contribution is 0.0939. The van der Waals surface area contributed by atoms with Crippen LogP contribution in [0.25, 0.3) is 11.1 Å². The molecule has 0 unspecified atom stereocenters. The largest absolute Gasteiger partial charge is 0.496 e. The Morgan fingerprint density at radius 2 is 1.60 bits per heavy atom. The van der Waals surface area contributed by atoms with E-state index in [4.69, 9.17) is 4.74 Å². The second-order valence-electron chi connectivity index (χ2n) is 5.75. The summed E-state index contributed by atoms with van der Waals surface area (Å²) >= 11 is 0. The van der Waals surface area contributed by atoms with Gasteiger partial charge >= 0.3 is 0 Å². The average Bonchev–Trinajstić information content (AvgIpc) is 2.68. The van der Waals surface area contributed by atoms with Crippen LogP contribution in [0.1, 0.15) is 28.9 Å². The molecule has 0 aliphatic carbocycles. The van der Waals surface area contributed by atoms with Gasteiger partial charge in [0.1, 0.15) is 5.75 Å². The summed E-state index contributed by atoms with van der Waals surface area (Å²) in [5, 5.41) is 3.02. The van der Waals surface area contributed by atoms with Gasteiger partial charge in [0.05, 0.1) is 13.2 Å².